The summed E-state index contributed by atoms with van der Waals surface area (Å²) in [5, 5.41) is 0.353. The first-order valence-corrected chi connectivity index (χ1v) is 8.32. The highest BCUT2D eigenvalue weighted by molar-refractivity contribution is 7.89. The molecule has 112 valence electrons. The molecule has 0 amide bonds. The molecule has 2 aromatic carbocycles. The maximum atomic E-state index is 13.4. The van der Waals surface area contributed by atoms with Gasteiger partial charge in [0.1, 0.15) is 10.7 Å². The van der Waals surface area contributed by atoms with E-state index in [0.29, 0.717) is 5.56 Å². The maximum absolute atomic E-state index is 13.4. The summed E-state index contributed by atoms with van der Waals surface area (Å²) in [6, 6.07) is 10.4. The Morgan fingerprint density at radius 1 is 1.10 bits per heavy atom. The van der Waals surface area contributed by atoms with E-state index in [4.69, 9.17) is 23.2 Å². The van der Waals surface area contributed by atoms with E-state index in [9.17, 15) is 12.8 Å². The zero-order valence-corrected chi connectivity index (χ0v) is 13.1. The van der Waals surface area contributed by atoms with Gasteiger partial charge >= 0.3 is 0 Å². The van der Waals surface area contributed by atoms with Crippen LogP contribution in [0.3, 0.4) is 0 Å². The average Bonchev–Trinajstić information content (AvgIpc) is 2.43. The summed E-state index contributed by atoms with van der Waals surface area (Å²) in [7, 11) is -3.79. The van der Waals surface area contributed by atoms with Gasteiger partial charge in [0.25, 0.3) is 0 Å². The zero-order chi connectivity index (χ0) is 15.5. The Balaban J connectivity index is 2.08. The first-order chi connectivity index (χ1) is 9.90. The molecule has 0 spiro atoms. The topological polar surface area (TPSA) is 46.2 Å². The highest BCUT2D eigenvalue weighted by Crippen LogP contribution is 2.24. The summed E-state index contributed by atoms with van der Waals surface area (Å²) in [6.07, 6.45) is 0.240. The van der Waals surface area contributed by atoms with Gasteiger partial charge in [0.2, 0.25) is 10.0 Å². The lowest BCUT2D eigenvalue weighted by atomic mass is 10.1. The third-order valence-corrected chi connectivity index (χ3v) is 5.00. The summed E-state index contributed by atoms with van der Waals surface area (Å²) in [4.78, 5) is -0.0924. The molecule has 0 aromatic heterocycles. The third-order valence-electron chi connectivity index (χ3n) is 2.83. The van der Waals surface area contributed by atoms with Crippen molar-refractivity contribution in [1.82, 2.24) is 4.72 Å². The van der Waals surface area contributed by atoms with E-state index in [1.807, 2.05) is 0 Å². The second-order valence-corrected chi connectivity index (χ2v) is 6.89. The van der Waals surface area contributed by atoms with Gasteiger partial charge in [0.05, 0.1) is 5.02 Å². The second kappa shape index (κ2) is 6.75. The fourth-order valence-electron chi connectivity index (χ4n) is 1.78. The van der Waals surface area contributed by atoms with Crippen LogP contribution in [0.25, 0.3) is 0 Å². The van der Waals surface area contributed by atoms with Gasteiger partial charge in [-0.05, 0) is 36.2 Å². The van der Waals surface area contributed by atoms with Crippen LogP contribution in [-0.2, 0) is 16.4 Å². The minimum absolute atomic E-state index is 0.0616. The van der Waals surface area contributed by atoms with Crippen molar-refractivity contribution < 1.29 is 12.8 Å². The van der Waals surface area contributed by atoms with Gasteiger partial charge in [-0.15, -0.1) is 0 Å². The molecule has 1 N–H and O–H groups in total. The van der Waals surface area contributed by atoms with Crippen LogP contribution in [-0.4, -0.2) is 15.0 Å². The molecule has 0 aliphatic heterocycles. The summed E-state index contributed by atoms with van der Waals surface area (Å²) in [5.41, 5.74) is 0.442. The first kappa shape index (κ1) is 16.2. The normalized spacial score (nSPS) is 11.6. The van der Waals surface area contributed by atoms with E-state index in [1.165, 1.54) is 24.3 Å². The second-order valence-electron chi connectivity index (χ2n) is 4.31. The Hall–Kier alpha value is -1.14. The number of halogens is 3. The van der Waals surface area contributed by atoms with Crippen molar-refractivity contribution in [2.45, 2.75) is 11.3 Å². The van der Waals surface area contributed by atoms with Crippen LogP contribution in [0, 0.1) is 5.82 Å². The molecule has 21 heavy (non-hydrogen) atoms. The molecule has 0 bridgehead atoms. The molecule has 0 saturated heterocycles. The number of rotatable bonds is 5. The number of hydrogen-bond acceptors (Lipinski definition) is 2. The summed E-state index contributed by atoms with van der Waals surface area (Å²) < 4.78 is 40.1. The van der Waals surface area contributed by atoms with Crippen LogP contribution in [0.4, 0.5) is 4.39 Å². The van der Waals surface area contributed by atoms with Crippen LogP contribution in [0.5, 0.6) is 0 Å². The van der Waals surface area contributed by atoms with Crippen molar-refractivity contribution >= 4 is 33.2 Å². The molecule has 0 saturated carbocycles. The standard InChI is InChI=1S/C14H12Cl2FNO2S/c15-11-5-6-12(16)14(9-11)21(19,20)18-8-7-10-3-1-2-4-13(10)17/h1-6,9,18H,7-8H2. The fraction of sp³-hybridized carbons (Fsp3) is 0.143. The molecular weight excluding hydrogens is 336 g/mol. The lowest BCUT2D eigenvalue weighted by Gasteiger charge is -2.09. The molecular formula is C14H12Cl2FNO2S. The van der Waals surface area contributed by atoms with Crippen molar-refractivity contribution in [2.24, 2.45) is 0 Å². The summed E-state index contributed by atoms with van der Waals surface area (Å²) in [5.74, 6) is -0.363. The first-order valence-electron chi connectivity index (χ1n) is 6.08. The lowest BCUT2D eigenvalue weighted by Crippen LogP contribution is -2.26. The Bertz CT molecular complexity index is 750. The molecule has 0 aliphatic carbocycles. The molecule has 3 nitrogen and oxygen atoms in total. The Kier molecular flexibility index (Phi) is 5.22. The highest BCUT2D eigenvalue weighted by atomic mass is 35.5. The molecule has 7 heteroatoms. The van der Waals surface area contributed by atoms with Gasteiger partial charge in [-0.3, -0.25) is 0 Å². The molecule has 0 heterocycles. The zero-order valence-electron chi connectivity index (χ0n) is 10.8. The van der Waals surface area contributed by atoms with Crippen LogP contribution in [0.2, 0.25) is 10.0 Å². The van der Waals surface area contributed by atoms with Gasteiger partial charge in [-0.2, -0.15) is 0 Å². The SMILES string of the molecule is O=S(=O)(NCCc1ccccc1F)c1cc(Cl)ccc1Cl. The van der Waals surface area contributed by atoms with E-state index in [-0.39, 0.29) is 33.7 Å². The molecule has 0 radical (unpaired) electrons. The maximum Gasteiger partial charge on any atom is 0.242 e. The highest BCUT2D eigenvalue weighted by Gasteiger charge is 2.18. The number of sulfonamides is 1. The van der Waals surface area contributed by atoms with Crippen LogP contribution in [0.1, 0.15) is 5.56 Å². The van der Waals surface area contributed by atoms with E-state index in [0.717, 1.165) is 0 Å². The van der Waals surface area contributed by atoms with Gasteiger partial charge in [-0.25, -0.2) is 17.5 Å². The van der Waals surface area contributed by atoms with E-state index < -0.39 is 10.0 Å². The minimum Gasteiger partial charge on any atom is -0.211 e. The van der Waals surface area contributed by atoms with Gasteiger partial charge in [-0.1, -0.05) is 41.4 Å². The van der Waals surface area contributed by atoms with Crippen LogP contribution >= 0.6 is 23.2 Å². The largest absolute Gasteiger partial charge is 0.242 e. The Morgan fingerprint density at radius 2 is 1.81 bits per heavy atom. The predicted molar refractivity (Wildman–Crippen MR) is 81.8 cm³/mol. The lowest BCUT2D eigenvalue weighted by molar-refractivity contribution is 0.577. The van der Waals surface area contributed by atoms with Crippen molar-refractivity contribution in [3.05, 3.63) is 63.9 Å². The minimum atomic E-state index is -3.79. The van der Waals surface area contributed by atoms with Crippen molar-refractivity contribution in [1.29, 1.82) is 0 Å². The van der Waals surface area contributed by atoms with E-state index in [1.54, 1.807) is 18.2 Å². The smallest absolute Gasteiger partial charge is 0.211 e. The van der Waals surface area contributed by atoms with Crippen LogP contribution in [0.15, 0.2) is 47.4 Å². The quantitative estimate of drug-likeness (QED) is 0.897. The molecule has 0 fully saturated rings. The Labute approximate surface area is 132 Å². The molecule has 0 unspecified atom stereocenters. The monoisotopic (exact) mass is 347 g/mol. The van der Waals surface area contributed by atoms with Gasteiger partial charge in [0, 0.05) is 11.6 Å². The number of hydrogen-bond donors (Lipinski definition) is 1. The average molecular weight is 348 g/mol. The fourth-order valence-corrected chi connectivity index (χ4v) is 3.57. The van der Waals surface area contributed by atoms with E-state index >= 15 is 0 Å². The number of benzene rings is 2. The summed E-state index contributed by atoms with van der Waals surface area (Å²) in [6.45, 7) is 0.0616. The Morgan fingerprint density at radius 3 is 2.52 bits per heavy atom. The predicted octanol–water partition coefficient (Wildman–Crippen LogP) is 3.65. The van der Waals surface area contributed by atoms with Crippen molar-refractivity contribution in [3.63, 3.8) is 0 Å². The molecule has 0 atom stereocenters. The van der Waals surface area contributed by atoms with E-state index in [2.05, 4.69) is 4.72 Å². The molecule has 0 aliphatic rings. The van der Waals surface area contributed by atoms with Gasteiger partial charge < -0.3 is 0 Å². The summed E-state index contributed by atoms with van der Waals surface area (Å²) >= 11 is 11.6. The van der Waals surface area contributed by atoms with Crippen molar-refractivity contribution in [2.75, 3.05) is 6.54 Å². The van der Waals surface area contributed by atoms with Gasteiger partial charge in [0.15, 0.2) is 0 Å². The third kappa shape index (κ3) is 4.17. The van der Waals surface area contributed by atoms with Crippen LogP contribution < -0.4 is 4.72 Å². The van der Waals surface area contributed by atoms with Crippen molar-refractivity contribution in [3.8, 4) is 0 Å². The molecule has 2 aromatic rings. The number of nitrogens with one attached hydrogen (secondary N) is 1. The molecule has 2 rings (SSSR count).